The molecule has 137 heavy (non-hydrogen) atoms. The molecule has 0 saturated carbocycles. The number of hydrogen-bond acceptors (Lipinski definition) is 36. The van der Waals surface area contributed by atoms with E-state index < -0.39 is 250 Å². The van der Waals surface area contributed by atoms with E-state index in [9.17, 15) is 97.0 Å². The van der Waals surface area contributed by atoms with E-state index in [1.807, 2.05) is 36.3 Å². The number of alkyl halides is 2. The van der Waals surface area contributed by atoms with Crippen LogP contribution < -0.4 is 5.73 Å². The number of hydrogen-bond donors (Lipinski definition) is 20. The number of nitrogens with two attached hydrogens (primary N) is 1. The molecule has 0 bridgehead atoms. The molecule has 21 N–H and O–H groups in total. The third-order valence-electron chi connectivity index (χ3n) is 30.4. The number of aliphatic hydroxyl groups is 19. The van der Waals surface area contributed by atoms with E-state index in [1.165, 1.54) is 5.54 Å². The Labute approximate surface area is 813 Å². The van der Waals surface area contributed by atoms with Crippen LogP contribution in [-0.2, 0) is 75.8 Å². The van der Waals surface area contributed by atoms with E-state index in [2.05, 4.69) is 60.7 Å². The molecule has 0 aromatic carbocycles. The molecule has 0 spiro atoms. The molecule has 15 aliphatic rings. The number of ether oxygens (including phenoxy) is 16. The van der Waals surface area contributed by atoms with Gasteiger partial charge in [0.1, 0.15) is 122 Å². The summed E-state index contributed by atoms with van der Waals surface area (Å²) >= 11 is 18.8. The standard InChI is InChI=1S/C98H140Cl3NO35/c1-4-5-17-25-49(100)76(111)80(115)81(116)77(112)51(104)37-52(105)89(136-97-86(121)79(114)75(45-103)133-97)53(106)40-71-78(113)82(117)83(118)94(132-71)95-85(120)84(119)93-63(131-95)32-33-98(3,137-93)96-57(110)42-73-88(135-96)50(101)36-72(128-73)91-56(109)41-74-92(134-91)55(108)38-65(127-74)59-28-29-60-64(123-59)35-46(2)87(129-60)61-30-31-62-90(130-61)54(107)39-66-68(125-62)44-69-70(126-66)43-67-58(124-69)27-26-48(122-67)24-20-16-19-23-47(102)22-18-14-12-10-8-6-7-9-11-13-15-21-34-99/h1,10,12,14,16,18-21,24,34,46-97,103-121H,8-9,11,22-23,25-33,35-45,102H2,2-3H3. The Hall–Kier alpha value is -3.63. The molecule has 36 nitrogen and oxygen atoms in total. The Balaban J connectivity index is 0.483. The van der Waals surface area contributed by atoms with Crippen molar-refractivity contribution in [1.29, 1.82) is 0 Å². The fourth-order valence-electron chi connectivity index (χ4n) is 23.0. The number of rotatable bonds is 29. The van der Waals surface area contributed by atoms with Crippen molar-refractivity contribution in [2.24, 2.45) is 11.7 Å². The lowest BCUT2D eigenvalue weighted by Crippen LogP contribution is -2.71. The summed E-state index contributed by atoms with van der Waals surface area (Å²) in [6, 6.07) is 0.00108. The zero-order valence-corrected chi connectivity index (χ0v) is 79.1. The third-order valence-corrected chi connectivity index (χ3v) is 31.4. The third kappa shape index (κ3) is 25.3. The summed E-state index contributed by atoms with van der Waals surface area (Å²) in [5.41, 5.74) is 6.39. The van der Waals surface area contributed by atoms with Crippen LogP contribution in [0.15, 0.2) is 60.2 Å². The average molecular weight is 2000 g/mol. The largest absolute Gasteiger partial charge is 0.394 e. The van der Waals surface area contributed by atoms with Gasteiger partial charge in [-0.25, -0.2) is 0 Å². The topological polar surface area (TPSA) is 558 Å². The van der Waals surface area contributed by atoms with Crippen LogP contribution in [0.2, 0.25) is 0 Å². The molecule has 39 heteroatoms. The summed E-state index contributed by atoms with van der Waals surface area (Å²) in [7, 11) is 0. The number of halogens is 3. The van der Waals surface area contributed by atoms with E-state index >= 15 is 0 Å². The van der Waals surface area contributed by atoms with Crippen LogP contribution in [0.1, 0.15) is 168 Å². The van der Waals surface area contributed by atoms with Crippen LogP contribution in [0, 0.1) is 53.8 Å². The quantitative estimate of drug-likeness (QED) is 0.0183. The first-order valence-electron chi connectivity index (χ1n) is 48.9. The molecule has 53 unspecified atom stereocenters. The minimum atomic E-state index is -2.35. The zero-order chi connectivity index (χ0) is 97.5. The van der Waals surface area contributed by atoms with E-state index in [1.54, 1.807) is 13.0 Å². The summed E-state index contributed by atoms with van der Waals surface area (Å²) < 4.78 is 105. The molecule has 0 aromatic rings. The van der Waals surface area contributed by atoms with Gasteiger partial charge in [-0.3, -0.25) is 0 Å². The Kier molecular flexibility index (Phi) is 38.3. The van der Waals surface area contributed by atoms with Crippen molar-refractivity contribution >= 4 is 34.8 Å². The van der Waals surface area contributed by atoms with E-state index in [4.69, 9.17) is 123 Å². The first kappa shape index (κ1) is 108. The molecule has 15 aliphatic heterocycles. The second kappa shape index (κ2) is 48.8. The van der Waals surface area contributed by atoms with Gasteiger partial charge in [-0.1, -0.05) is 90.8 Å². The molecule has 0 aliphatic carbocycles. The normalized spacial score (nSPS) is 46.7. The maximum Gasteiger partial charge on any atom is 0.187 e. The highest BCUT2D eigenvalue weighted by Gasteiger charge is 2.64. The Bertz CT molecular complexity index is 4260. The Morgan fingerprint density at radius 2 is 0.964 bits per heavy atom. The molecule has 15 rings (SSSR count). The molecular formula is C98H140Cl3NO35. The summed E-state index contributed by atoms with van der Waals surface area (Å²) in [6.07, 6.45) is -25.0. The van der Waals surface area contributed by atoms with Gasteiger partial charge in [0.15, 0.2) is 6.29 Å². The second-order valence-corrected chi connectivity index (χ2v) is 41.5. The molecule has 768 valence electrons. The van der Waals surface area contributed by atoms with Gasteiger partial charge in [0.05, 0.1) is 188 Å². The van der Waals surface area contributed by atoms with Gasteiger partial charge in [0, 0.05) is 88.6 Å². The molecule has 15 saturated heterocycles. The molecule has 0 radical (unpaired) electrons. The number of allylic oxidation sites excluding steroid dienone is 6. The van der Waals surface area contributed by atoms with Crippen LogP contribution >= 0.6 is 34.8 Å². The van der Waals surface area contributed by atoms with Gasteiger partial charge in [-0.15, -0.1) is 35.5 Å². The molecule has 0 amide bonds. The fraction of sp³-hybridized carbons (Fsp3) is 0.816. The number of aliphatic hydroxyl groups excluding tert-OH is 19. The van der Waals surface area contributed by atoms with Gasteiger partial charge in [0.2, 0.25) is 0 Å². The molecule has 15 heterocycles. The second-order valence-electron chi connectivity index (χ2n) is 40.1. The molecule has 53 atom stereocenters. The number of unbranched alkanes of at least 4 members (excludes halogenated alkanes) is 1. The smallest absolute Gasteiger partial charge is 0.187 e. The zero-order valence-electron chi connectivity index (χ0n) is 76.8. The van der Waals surface area contributed by atoms with Crippen LogP contribution in [0.3, 0.4) is 0 Å². The highest BCUT2D eigenvalue weighted by Crippen LogP contribution is 2.51. The molecule has 0 aromatic heterocycles. The Morgan fingerprint density at radius 3 is 1.65 bits per heavy atom. The van der Waals surface area contributed by atoms with E-state index in [-0.39, 0.29) is 136 Å². The van der Waals surface area contributed by atoms with Crippen LogP contribution in [0.25, 0.3) is 0 Å². The molecular weight excluding hydrogens is 1860 g/mol. The van der Waals surface area contributed by atoms with Gasteiger partial charge >= 0.3 is 0 Å². The predicted molar refractivity (Wildman–Crippen MR) is 486 cm³/mol. The summed E-state index contributed by atoms with van der Waals surface area (Å²) in [5, 5.41) is 213. The predicted octanol–water partition coefficient (Wildman–Crippen LogP) is -1.12. The van der Waals surface area contributed by atoms with Crippen molar-refractivity contribution in [3.63, 3.8) is 0 Å². The van der Waals surface area contributed by atoms with Crippen LogP contribution in [0.5, 0.6) is 0 Å². The monoisotopic (exact) mass is 2000 g/mol. The fourth-order valence-corrected chi connectivity index (χ4v) is 23.7. The minimum absolute atomic E-state index is 0.00108. The first-order chi connectivity index (χ1) is 65.7. The minimum Gasteiger partial charge on any atom is -0.394 e. The van der Waals surface area contributed by atoms with Gasteiger partial charge in [-0.05, 0) is 108 Å². The highest BCUT2D eigenvalue weighted by atomic mass is 35.5. The van der Waals surface area contributed by atoms with Gasteiger partial charge in [0.25, 0.3) is 0 Å². The average Bonchev–Trinajstić information content (AvgIpc) is 1.25. The summed E-state index contributed by atoms with van der Waals surface area (Å²) in [6.45, 7) is 2.96. The highest BCUT2D eigenvalue weighted by molar-refractivity contribution is 6.25. The van der Waals surface area contributed by atoms with Crippen LogP contribution in [0.4, 0.5) is 0 Å². The van der Waals surface area contributed by atoms with Crippen molar-refractivity contribution in [3.8, 4) is 47.9 Å². The lowest BCUT2D eigenvalue weighted by Gasteiger charge is -2.57. The van der Waals surface area contributed by atoms with Crippen LogP contribution in [-0.4, -0.2) is 419 Å². The van der Waals surface area contributed by atoms with E-state index in [0.29, 0.717) is 64.2 Å². The first-order valence-corrected chi connectivity index (χ1v) is 50.2. The maximum absolute atomic E-state index is 12.1. The van der Waals surface area contributed by atoms with Crippen molar-refractivity contribution < 1.29 is 173 Å². The maximum atomic E-state index is 12.1. The summed E-state index contributed by atoms with van der Waals surface area (Å²) in [4.78, 5) is 0. The number of fused-ring (bicyclic) bond motifs is 8. The molecule has 15 fully saturated rings. The SMILES string of the molecule is C#CC#CCC(Cl)C(O)C(O)C(O)C(O)C(O)CC(O)C(OC1OC(CO)C(O)C1O)C(O)CC1OC(C2OC3CCC(C)(C4OC5C(Cl)CC(C6OC7C(O)CC(C8CCC9OC(C%10CCC%11OC%12CC%13OC%14CCC(C=CC=CCC(N)CC=CC=CCC#CCCC#CC=CCl)OC%14CC%13OC%12CC(O)C%11O%10)C(C)CC9O8)OC7CC6O)OC5CC4O)OC3C(O)C2O)C(O)C(O)C1O. The van der Waals surface area contributed by atoms with E-state index in [0.717, 1.165) is 32.1 Å². The lowest BCUT2D eigenvalue weighted by molar-refractivity contribution is -0.344. The van der Waals surface area contributed by atoms with Crippen molar-refractivity contribution in [1.82, 2.24) is 0 Å². The summed E-state index contributed by atoms with van der Waals surface area (Å²) in [5.74, 6) is 18.8. The van der Waals surface area contributed by atoms with Crippen molar-refractivity contribution in [3.05, 3.63) is 60.2 Å². The van der Waals surface area contributed by atoms with Gasteiger partial charge in [-0.2, -0.15) is 0 Å². The van der Waals surface area contributed by atoms with Crippen molar-refractivity contribution in [2.75, 3.05) is 6.61 Å². The number of terminal acetylenes is 1. The Morgan fingerprint density at radius 1 is 0.453 bits per heavy atom. The van der Waals surface area contributed by atoms with Gasteiger partial charge < -0.3 is 179 Å². The lowest BCUT2D eigenvalue weighted by atomic mass is 9.77. The van der Waals surface area contributed by atoms with Crippen molar-refractivity contribution in [2.45, 2.75) is 484 Å².